The average Bonchev–Trinajstić information content (AvgIpc) is 3.25. The highest BCUT2D eigenvalue weighted by atomic mass is 15.2. The molecule has 110 valence electrons. The van der Waals surface area contributed by atoms with Gasteiger partial charge in [0.15, 0.2) is 0 Å². The molecule has 3 atom stereocenters. The van der Waals surface area contributed by atoms with E-state index in [1.807, 2.05) is 12.4 Å². The minimum atomic E-state index is 0.619. The Morgan fingerprint density at radius 2 is 2.10 bits per heavy atom. The Balaban J connectivity index is 1.80. The predicted molar refractivity (Wildman–Crippen MR) is 83.9 cm³/mol. The summed E-state index contributed by atoms with van der Waals surface area (Å²) in [7, 11) is 0. The van der Waals surface area contributed by atoms with E-state index < -0.39 is 0 Å². The zero-order chi connectivity index (χ0) is 14.1. The standard InChI is InChI=1S/C17H27N3/c1-12-8-13(2)14(3)20(11-12)17-6-7-18-9-15(17)10-19-16-4-5-16/h6-7,9,12-14,16,19H,4-5,8,10-11H2,1-3H3. The van der Waals surface area contributed by atoms with Crippen molar-refractivity contribution >= 4 is 5.69 Å². The van der Waals surface area contributed by atoms with Gasteiger partial charge in [0.05, 0.1) is 0 Å². The third kappa shape index (κ3) is 2.98. The largest absolute Gasteiger partial charge is 0.368 e. The summed E-state index contributed by atoms with van der Waals surface area (Å²) in [5.74, 6) is 1.54. The van der Waals surface area contributed by atoms with Crippen LogP contribution in [0.15, 0.2) is 18.5 Å². The van der Waals surface area contributed by atoms with Crippen LogP contribution in [0.2, 0.25) is 0 Å². The molecule has 3 unspecified atom stereocenters. The van der Waals surface area contributed by atoms with Crippen molar-refractivity contribution in [2.45, 2.75) is 58.7 Å². The normalized spacial score (nSPS) is 30.6. The fraction of sp³-hybridized carbons (Fsp3) is 0.706. The molecule has 0 radical (unpaired) electrons. The molecule has 2 heterocycles. The fourth-order valence-electron chi connectivity index (χ4n) is 3.41. The van der Waals surface area contributed by atoms with Crippen molar-refractivity contribution in [3.63, 3.8) is 0 Å². The van der Waals surface area contributed by atoms with E-state index in [0.717, 1.165) is 24.4 Å². The van der Waals surface area contributed by atoms with Crippen LogP contribution in [0.5, 0.6) is 0 Å². The lowest BCUT2D eigenvalue weighted by Gasteiger charge is -2.43. The van der Waals surface area contributed by atoms with Crippen molar-refractivity contribution in [3.05, 3.63) is 24.0 Å². The first kappa shape index (κ1) is 13.9. The van der Waals surface area contributed by atoms with Crippen molar-refractivity contribution in [2.75, 3.05) is 11.4 Å². The summed E-state index contributed by atoms with van der Waals surface area (Å²) in [5, 5.41) is 3.62. The van der Waals surface area contributed by atoms with Crippen molar-refractivity contribution in [3.8, 4) is 0 Å². The second-order valence-electron chi connectivity index (χ2n) is 6.87. The van der Waals surface area contributed by atoms with Gasteiger partial charge in [0.25, 0.3) is 0 Å². The zero-order valence-electron chi connectivity index (χ0n) is 13.0. The molecular weight excluding hydrogens is 246 g/mol. The molecule has 1 saturated carbocycles. The van der Waals surface area contributed by atoms with E-state index in [-0.39, 0.29) is 0 Å². The van der Waals surface area contributed by atoms with E-state index in [1.54, 1.807) is 0 Å². The van der Waals surface area contributed by atoms with Gasteiger partial charge >= 0.3 is 0 Å². The number of nitrogens with zero attached hydrogens (tertiary/aromatic N) is 2. The molecule has 20 heavy (non-hydrogen) atoms. The Morgan fingerprint density at radius 1 is 1.30 bits per heavy atom. The Morgan fingerprint density at radius 3 is 2.85 bits per heavy atom. The van der Waals surface area contributed by atoms with Crippen LogP contribution in [0.25, 0.3) is 0 Å². The Labute approximate surface area is 122 Å². The number of aromatic nitrogens is 1. The third-order valence-electron chi connectivity index (χ3n) is 4.94. The second-order valence-corrected chi connectivity index (χ2v) is 6.87. The molecule has 0 bridgehead atoms. The van der Waals surface area contributed by atoms with Crippen molar-refractivity contribution in [2.24, 2.45) is 11.8 Å². The van der Waals surface area contributed by atoms with Gasteiger partial charge in [-0.05, 0) is 44.1 Å². The average molecular weight is 273 g/mol. The van der Waals surface area contributed by atoms with Crippen molar-refractivity contribution < 1.29 is 0 Å². The summed E-state index contributed by atoms with van der Waals surface area (Å²) in [4.78, 5) is 6.94. The van der Waals surface area contributed by atoms with E-state index in [2.05, 4.69) is 42.0 Å². The number of hydrogen-bond acceptors (Lipinski definition) is 3. The Kier molecular flexibility index (Phi) is 3.97. The van der Waals surface area contributed by atoms with Gasteiger partial charge in [0.1, 0.15) is 0 Å². The van der Waals surface area contributed by atoms with E-state index in [0.29, 0.717) is 6.04 Å². The van der Waals surface area contributed by atoms with Gasteiger partial charge in [-0.1, -0.05) is 13.8 Å². The van der Waals surface area contributed by atoms with E-state index >= 15 is 0 Å². The molecule has 2 fully saturated rings. The van der Waals surface area contributed by atoms with Gasteiger partial charge in [0, 0.05) is 48.8 Å². The van der Waals surface area contributed by atoms with Crippen molar-refractivity contribution in [1.82, 2.24) is 10.3 Å². The third-order valence-corrected chi connectivity index (χ3v) is 4.94. The molecular formula is C17H27N3. The molecule has 0 amide bonds. The summed E-state index contributed by atoms with van der Waals surface area (Å²) >= 11 is 0. The molecule has 3 nitrogen and oxygen atoms in total. The summed E-state index contributed by atoms with van der Waals surface area (Å²) in [5.41, 5.74) is 2.74. The summed E-state index contributed by atoms with van der Waals surface area (Å²) in [6.07, 6.45) is 8.00. The molecule has 0 aromatic carbocycles. The first-order valence-electron chi connectivity index (χ1n) is 8.08. The molecule has 0 spiro atoms. The molecule has 2 aliphatic rings. The van der Waals surface area contributed by atoms with E-state index in [4.69, 9.17) is 0 Å². The van der Waals surface area contributed by atoms with Crippen LogP contribution in [0.4, 0.5) is 5.69 Å². The molecule has 1 aliphatic heterocycles. The minimum Gasteiger partial charge on any atom is -0.368 e. The van der Waals surface area contributed by atoms with E-state index in [9.17, 15) is 0 Å². The van der Waals surface area contributed by atoms with Gasteiger partial charge in [-0.3, -0.25) is 4.98 Å². The minimum absolute atomic E-state index is 0.619. The number of pyridine rings is 1. The van der Waals surface area contributed by atoms with Crippen LogP contribution in [-0.2, 0) is 6.54 Å². The SMILES string of the molecule is CC1CC(C)C(C)N(c2ccncc2CNC2CC2)C1. The zero-order valence-corrected chi connectivity index (χ0v) is 13.0. The molecule has 1 aliphatic carbocycles. The van der Waals surface area contributed by atoms with Gasteiger partial charge in [-0.25, -0.2) is 0 Å². The molecule has 3 heteroatoms. The molecule has 1 aromatic rings. The number of nitrogens with one attached hydrogen (secondary N) is 1. The van der Waals surface area contributed by atoms with Gasteiger partial charge in [0.2, 0.25) is 0 Å². The van der Waals surface area contributed by atoms with Gasteiger partial charge < -0.3 is 10.2 Å². The fourth-order valence-corrected chi connectivity index (χ4v) is 3.41. The maximum absolute atomic E-state index is 4.33. The maximum Gasteiger partial charge on any atom is 0.0445 e. The lowest BCUT2D eigenvalue weighted by atomic mass is 9.85. The number of rotatable bonds is 4. The van der Waals surface area contributed by atoms with Crippen LogP contribution < -0.4 is 10.2 Å². The Hall–Kier alpha value is -1.09. The first-order valence-corrected chi connectivity index (χ1v) is 8.08. The van der Waals surface area contributed by atoms with Crippen molar-refractivity contribution in [1.29, 1.82) is 0 Å². The predicted octanol–water partition coefficient (Wildman–Crippen LogP) is 3.20. The molecule has 1 N–H and O–H groups in total. The quantitative estimate of drug-likeness (QED) is 0.913. The lowest BCUT2D eigenvalue weighted by molar-refractivity contribution is 0.296. The van der Waals surface area contributed by atoms with Crippen LogP contribution in [-0.4, -0.2) is 23.6 Å². The van der Waals surface area contributed by atoms with E-state index in [1.165, 1.54) is 37.1 Å². The monoisotopic (exact) mass is 273 g/mol. The summed E-state index contributed by atoms with van der Waals surface area (Å²) < 4.78 is 0. The highest BCUT2D eigenvalue weighted by Gasteiger charge is 2.30. The van der Waals surface area contributed by atoms with Crippen LogP contribution in [0.3, 0.4) is 0 Å². The van der Waals surface area contributed by atoms with Crippen LogP contribution >= 0.6 is 0 Å². The topological polar surface area (TPSA) is 28.2 Å². The van der Waals surface area contributed by atoms with Gasteiger partial charge in [-0.15, -0.1) is 0 Å². The molecule has 1 saturated heterocycles. The molecule has 3 rings (SSSR count). The van der Waals surface area contributed by atoms with Crippen LogP contribution in [0, 0.1) is 11.8 Å². The molecule has 1 aromatic heterocycles. The first-order chi connectivity index (χ1) is 9.65. The number of piperidine rings is 1. The summed E-state index contributed by atoms with van der Waals surface area (Å²) in [6, 6.07) is 3.57. The lowest BCUT2D eigenvalue weighted by Crippen LogP contribution is -2.46. The highest BCUT2D eigenvalue weighted by molar-refractivity contribution is 5.53. The second kappa shape index (κ2) is 5.72. The number of hydrogen-bond donors (Lipinski definition) is 1. The highest BCUT2D eigenvalue weighted by Crippen LogP contribution is 2.33. The van der Waals surface area contributed by atoms with Gasteiger partial charge in [-0.2, -0.15) is 0 Å². The number of anilines is 1. The maximum atomic E-state index is 4.33. The Bertz CT molecular complexity index is 455. The smallest absolute Gasteiger partial charge is 0.0445 e. The summed E-state index contributed by atoms with van der Waals surface area (Å²) in [6.45, 7) is 9.26. The van der Waals surface area contributed by atoms with Crippen LogP contribution in [0.1, 0.15) is 45.6 Å².